The summed E-state index contributed by atoms with van der Waals surface area (Å²) >= 11 is 0. The number of fused-ring (bicyclic) bond motifs is 1. The Morgan fingerprint density at radius 1 is 1.00 bits per heavy atom. The Balaban J connectivity index is 1.40. The molecule has 36 heavy (non-hydrogen) atoms. The van der Waals surface area contributed by atoms with Crippen LogP contribution >= 0.6 is 0 Å². The van der Waals surface area contributed by atoms with Gasteiger partial charge in [-0.05, 0) is 60.9 Å². The van der Waals surface area contributed by atoms with Crippen LogP contribution in [0.4, 0.5) is 4.39 Å². The Kier molecular flexibility index (Phi) is 6.42. The molecule has 0 radical (unpaired) electrons. The fourth-order valence-electron chi connectivity index (χ4n) is 4.28. The van der Waals surface area contributed by atoms with Gasteiger partial charge in [0, 0.05) is 35.9 Å². The Labute approximate surface area is 207 Å². The summed E-state index contributed by atoms with van der Waals surface area (Å²) in [5, 5.41) is 3.27. The van der Waals surface area contributed by atoms with E-state index in [9.17, 15) is 22.4 Å². The highest BCUT2D eigenvalue weighted by Crippen LogP contribution is 2.29. The summed E-state index contributed by atoms with van der Waals surface area (Å²) in [6, 6.07) is 18.2. The number of hydrogen-bond donors (Lipinski definition) is 1. The predicted octanol–water partition coefficient (Wildman–Crippen LogP) is 4.31. The largest absolute Gasteiger partial charge is 0.370 e. The maximum Gasteiger partial charge on any atom is 0.268 e. The van der Waals surface area contributed by atoms with E-state index in [4.69, 9.17) is 4.74 Å². The number of hydrogen-bond acceptors (Lipinski definition) is 5. The van der Waals surface area contributed by atoms with Gasteiger partial charge < -0.3 is 10.1 Å². The maximum absolute atomic E-state index is 13.5. The van der Waals surface area contributed by atoms with Crippen LogP contribution in [0, 0.1) is 5.82 Å². The quantitative estimate of drug-likeness (QED) is 0.377. The van der Waals surface area contributed by atoms with Crippen LogP contribution in [0.3, 0.4) is 0 Å². The van der Waals surface area contributed by atoms with Crippen LogP contribution in [0.1, 0.15) is 39.1 Å². The molecule has 2 heterocycles. The van der Waals surface area contributed by atoms with E-state index in [1.807, 2.05) is 0 Å². The SMILES string of the molecule is O=C(NCc1ccc(F)cc1)c1ccc(S(=O)(=O)n2cc(C(=O)C3CCCO3)c3ccccc32)cc1. The molecule has 1 aliphatic rings. The van der Waals surface area contributed by atoms with Crippen LogP contribution in [0.2, 0.25) is 0 Å². The predicted molar refractivity (Wildman–Crippen MR) is 132 cm³/mol. The maximum atomic E-state index is 13.5. The minimum Gasteiger partial charge on any atom is -0.370 e. The van der Waals surface area contributed by atoms with E-state index < -0.39 is 16.1 Å². The van der Waals surface area contributed by atoms with Crippen LogP contribution in [-0.4, -0.2) is 36.8 Å². The third-order valence-corrected chi connectivity index (χ3v) is 7.89. The number of benzene rings is 3. The highest BCUT2D eigenvalue weighted by molar-refractivity contribution is 7.90. The van der Waals surface area contributed by atoms with Crippen molar-refractivity contribution in [3.63, 3.8) is 0 Å². The summed E-state index contributed by atoms with van der Waals surface area (Å²) in [4.78, 5) is 25.5. The molecule has 0 bridgehead atoms. The third kappa shape index (κ3) is 4.55. The number of ketones is 1. The van der Waals surface area contributed by atoms with Crippen LogP contribution in [0.15, 0.2) is 83.9 Å². The van der Waals surface area contributed by atoms with Gasteiger partial charge >= 0.3 is 0 Å². The fraction of sp³-hybridized carbons (Fsp3) is 0.185. The van der Waals surface area contributed by atoms with Crippen molar-refractivity contribution >= 4 is 32.6 Å². The zero-order chi connectivity index (χ0) is 25.3. The first-order chi connectivity index (χ1) is 17.3. The standard InChI is InChI=1S/C27H23FN2O5S/c28-20-11-7-18(8-12-20)16-29-27(32)19-9-13-21(14-10-19)36(33,34)30-17-23(22-4-1-2-5-24(22)30)26(31)25-6-3-15-35-25/h1-2,4-5,7-14,17,25H,3,6,15-16H2,(H,29,32). The molecule has 184 valence electrons. The molecule has 1 amide bonds. The number of carbonyl (C=O) groups is 2. The summed E-state index contributed by atoms with van der Waals surface area (Å²) in [5.74, 6) is -0.981. The highest BCUT2D eigenvalue weighted by atomic mass is 32.2. The fourth-order valence-corrected chi connectivity index (χ4v) is 5.65. The molecule has 9 heteroatoms. The van der Waals surface area contributed by atoms with Crippen molar-refractivity contribution < 1.29 is 27.1 Å². The topological polar surface area (TPSA) is 94.5 Å². The molecule has 0 aliphatic carbocycles. The van der Waals surface area contributed by atoms with Gasteiger partial charge in [-0.3, -0.25) is 9.59 Å². The smallest absolute Gasteiger partial charge is 0.268 e. The summed E-state index contributed by atoms with van der Waals surface area (Å²) in [7, 11) is -4.05. The van der Waals surface area contributed by atoms with Gasteiger partial charge in [-0.15, -0.1) is 0 Å². The molecule has 5 rings (SSSR count). The number of rotatable bonds is 7. The van der Waals surface area contributed by atoms with E-state index in [0.717, 1.165) is 16.0 Å². The number of aromatic nitrogens is 1. The number of carbonyl (C=O) groups excluding carboxylic acids is 2. The van der Waals surface area contributed by atoms with E-state index in [-0.39, 0.29) is 34.5 Å². The van der Waals surface area contributed by atoms with E-state index >= 15 is 0 Å². The van der Waals surface area contributed by atoms with Crippen molar-refractivity contribution in [2.75, 3.05) is 6.61 Å². The van der Waals surface area contributed by atoms with Gasteiger partial charge in [-0.1, -0.05) is 30.3 Å². The number of halogens is 1. The molecular formula is C27H23FN2O5S. The lowest BCUT2D eigenvalue weighted by Gasteiger charge is -2.09. The molecule has 1 unspecified atom stereocenters. The molecule has 1 fully saturated rings. The summed E-state index contributed by atoms with van der Waals surface area (Å²) in [5.41, 5.74) is 1.71. The number of nitrogens with zero attached hydrogens (tertiary/aromatic N) is 1. The molecule has 1 N–H and O–H groups in total. The van der Waals surface area contributed by atoms with Crippen LogP contribution < -0.4 is 5.32 Å². The number of nitrogens with one attached hydrogen (secondary N) is 1. The Morgan fingerprint density at radius 2 is 1.72 bits per heavy atom. The molecule has 3 aromatic carbocycles. The van der Waals surface area contributed by atoms with Crippen molar-refractivity contribution in [1.82, 2.24) is 9.29 Å². The zero-order valence-corrected chi connectivity index (χ0v) is 20.0. The van der Waals surface area contributed by atoms with Gasteiger partial charge in [-0.2, -0.15) is 0 Å². The molecule has 1 atom stereocenters. The van der Waals surface area contributed by atoms with Gasteiger partial charge in [0.1, 0.15) is 11.9 Å². The van der Waals surface area contributed by atoms with Crippen molar-refractivity contribution in [2.24, 2.45) is 0 Å². The number of Topliss-reactive ketones (excluding diaryl/α,β-unsaturated/α-hetero) is 1. The second kappa shape index (κ2) is 9.67. The molecule has 1 saturated heterocycles. The lowest BCUT2D eigenvalue weighted by atomic mass is 10.0. The van der Waals surface area contributed by atoms with Crippen molar-refractivity contribution in [3.05, 3.63) is 102 Å². The molecular weight excluding hydrogens is 483 g/mol. The monoisotopic (exact) mass is 506 g/mol. The second-order valence-corrected chi connectivity index (χ2v) is 10.4. The highest BCUT2D eigenvalue weighted by Gasteiger charge is 2.29. The molecule has 4 aromatic rings. The molecule has 0 saturated carbocycles. The van der Waals surface area contributed by atoms with Gasteiger partial charge in [0.15, 0.2) is 5.78 Å². The number of amides is 1. The number of para-hydroxylation sites is 1. The summed E-state index contributed by atoms with van der Waals surface area (Å²) in [6.07, 6.45) is 2.18. The Hall–Kier alpha value is -3.82. The average molecular weight is 507 g/mol. The normalized spacial score (nSPS) is 15.8. The van der Waals surface area contributed by atoms with Gasteiger partial charge in [-0.25, -0.2) is 16.8 Å². The molecule has 0 spiro atoms. The van der Waals surface area contributed by atoms with E-state index in [2.05, 4.69) is 5.32 Å². The summed E-state index contributed by atoms with van der Waals surface area (Å²) in [6.45, 7) is 0.715. The van der Waals surface area contributed by atoms with Gasteiger partial charge in [0.05, 0.1) is 10.4 Å². The van der Waals surface area contributed by atoms with Crippen molar-refractivity contribution in [3.8, 4) is 0 Å². The first-order valence-corrected chi connectivity index (χ1v) is 12.9. The molecule has 1 aromatic heterocycles. The minimum absolute atomic E-state index is 0.0190. The lowest BCUT2D eigenvalue weighted by Crippen LogP contribution is -2.23. The minimum atomic E-state index is -4.05. The lowest BCUT2D eigenvalue weighted by molar-refractivity contribution is 0.0644. The Morgan fingerprint density at radius 3 is 2.42 bits per heavy atom. The van der Waals surface area contributed by atoms with Gasteiger partial charge in [0.25, 0.3) is 15.9 Å². The van der Waals surface area contributed by atoms with Crippen LogP contribution in [0.5, 0.6) is 0 Å². The van der Waals surface area contributed by atoms with E-state index in [1.165, 1.54) is 42.6 Å². The molecule has 7 nitrogen and oxygen atoms in total. The van der Waals surface area contributed by atoms with Gasteiger partial charge in [0.2, 0.25) is 0 Å². The second-order valence-electron chi connectivity index (χ2n) is 8.56. The van der Waals surface area contributed by atoms with Crippen molar-refractivity contribution in [1.29, 1.82) is 0 Å². The van der Waals surface area contributed by atoms with Crippen LogP contribution in [0.25, 0.3) is 10.9 Å². The summed E-state index contributed by atoms with van der Waals surface area (Å²) < 4.78 is 46.7. The Bertz CT molecular complexity index is 1540. The molecule has 1 aliphatic heterocycles. The van der Waals surface area contributed by atoms with Crippen molar-refractivity contribution in [2.45, 2.75) is 30.4 Å². The van der Waals surface area contributed by atoms with E-state index in [0.29, 0.717) is 29.5 Å². The van der Waals surface area contributed by atoms with E-state index in [1.54, 1.807) is 36.4 Å². The zero-order valence-electron chi connectivity index (χ0n) is 19.2. The van der Waals surface area contributed by atoms with Crippen LogP contribution in [-0.2, 0) is 21.3 Å². The first kappa shape index (κ1) is 23.9. The first-order valence-electron chi connectivity index (χ1n) is 11.5. The average Bonchev–Trinajstić information content (AvgIpc) is 3.57. The number of ether oxygens (including phenoxy) is 1. The third-order valence-electron chi connectivity index (χ3n) is 6.21.